The van der Waals surface area contributed by atoms with Crippen LogP contribution in [-0.4, -0.2) is 6.54 Å². The van der Waals surface area contributed by atoms with Crippen molar-refractivity contribution in [2.45, 2.75) is 26.7 Å². The van der Waals surface area contributed by atoms with E-state index in [-0.39, 0.29) is 0 Å². The second kappa shape index (κ2) is 4.70. The highest BCUT2D eigenvalue weighted by atomic mass is 79.9. The first-order valence-corrected chi connectivity index (χ1v) is 6.80. The number of nitrogens with zero attached hydrogens (tertiary/aromatic N) is 1. The van der Waals surface area contributed by atoms with Gasteiger partial charge in [0.25, 0.3) is 0 Å². The molecule has 0 radical (unpaired) electrons. The van der Waals surface area contributed by atoms with Gasteiger partial charge in [-0.15, -0.1) is 0 Å². The molecule has 1 aliphatic carbocycles. The summed E-state index contributed by atoms with van der Waals surface area (Å²) in [4.78, 5) is 0. The molecule has 2 nitrogen and oxygen atoms in total. The number of anilines is 1. The fourth-order valence-electron chi connectivity index (χ4n) is 2.11. The summed E-state index contributed by atoms with van der Waals surface area (Å²) < 4.78 is 0.861. The van der Waals surface area contributed by atoms with Crippen molar-refractivity contribution in [1.29, 1.82) is 5.26 Å². The van der Waals surface area contributed by atoms with Gasteiger partial charge in [0.2, 0.25) is 0 Å². The van der Waals surface area contributed by atoms with Crippen LogP contribution in [0.4, 0.5) is 5.69 Å². The lowest BCUT2D eigenvalue weighted by Gasteiger charge is -2.20. The van der Waals surface area contributed by atoms with Crippen molar-refractivity contribution < 1.29 is 0 Å². The van der Waals surface area contributed by atoms with Crippen molar-refractivity contribution in [3.63, 3.8) is 0 Å². The largest absolute Gasteiger partial charge is 0.384 e. The molecule has 0 atom stereocenters. The first-order valence-electron chi connectivity index (χ1n) is 6.01. The van der Waals surface area contributed by atoms with Crippen LogP contribution in [0.2, 0.25) is 0 Å². The Morgan fingerprint density at radius 2 is 2.18 bits per heavy atom. The zero-order valence-corrected chi connectivity index (χ0v) is 11.8. The molecule has 1 saturated carbocycles. The predicted molar refractivity (Wildman–Crippen MR) is 73.9 cm³/mol. The second-order valence-corrected chi connectivity index (χ2v) is 6.03. The topological polar surface area (TPSA) is 35.8 Å². The molecule has 1 N–H and O–H groups in total. The van der Waals surface area contributed by atoms with Crippen molar-refractivity contribution in [2.75, 3.05) is 11.9 Å². The molecular formula is C14H17BrN2. The van der Waals surface area contributed by atoms with E-state index < -0.39 is 0 Å². The molecule has 0 bridgehead atoms. The van der Waals surface area contributed by atoms with E-state index in [1.165, 1.54) is 12.8 Å². The third kappa shape index (κ3) is 2.63. The summed E-state index contributed by atoms with van der Waals surface area (Å²) in [5.74, 6) is 0.733. The minimum Gasteiger partial charge on any atom is -0.384 e. The maximum atomic E-state index is 8.85. The number of nitrogens with one attached hydrogen (secondary N) is 1. The SMILES string of the molecule is CC(C)C1(CNc2ccc(C#N)c(Br)c2)CC1. The average Bonchev–Trinajstić information content (AvgIpc) is 3.07. The fraction of sp³-hybridized carbons (Fsp3) is 0.500. The standard InChI is InChI=1S/C14H17BrN2/c1-10(2)14(5-6-14)9-17-12-4-3-11(8-16)13(15)7-12/h3-4,7,10,17H,5-6,9H2,1-2H3. The Morgan fingerprint density at radius 1 is 1.47 bits per heavy atom. The van der Waals surface area contributed by atoms with E-state index in [1.54, 1.807) is 0 Å². The number of rotatable bonds is 4. The summed E-state index contributed by atoms with van der Waals surface area (Å²) in [6.45, 7) is 5.62. The lowest BCUT2D eigenvalue weighted by molar-refractivity contribution is 0.380. The molecule has 1 aliphatic rings. The molecule has 2 rings (SSSR count). The molecule has 0 aromatic heterocycles. The molecule has 90 valence electrons. The molecule has 0 heterocycles. The predicted octanol–water partition coefficient (Wildman–Crippen LogP) is 4.17. The lowest BCUT2D eigenvalue weighted by atomic mass is 9.92. The van der Waals surface area contributed by atoms with Crippen molar-refractivity contribution >= 4 is 21.6 Å². The number of benzene rings is 1. The minimum atomic E-state index is 0.500. The van der Waals surface area contributed by atoms with E-state index in [4.69, 9.17) is 5.26 Å². The number of nitriles is 1. The van der Waals surface area contributed by atoms with Gasteiger partial charge in [-0.2, -0.15) is 5.26 Å². The lowest BCUT2D eigenvalue weighted by Crippen LogP contribution is -2.20. The Labute approximate surface area is 111 Å². The first-order chi connectivity index (χ1) is 8.07. The summed E-state index contributed by atoms with van der Waals surface area (Å²) in [6.07, 6.45) is 2.66. The number of hydrogen-bond acceptors (Lipinski definition) is 2. The quantitative estimate of drug-likeness (QED) is 0.904. The Hall–Kier alpha value is -1.01. The average molecular weight is 293 g/mol. The number of halogens is 1. The van der Waals surface area contributed by atoms with Gasteiger partial charge in [-0.3, -0.25) is 0 Å². The van der Waals surface area contributed by atoms with Crippen molar-refractivity contribution in [2.24, 2.45) is 11.3 Å². The van der Waals surface area contributed by atoms with E-state index in [2.05, 4.69) is 41.2 Å². The smallest absolute Gasteiger partial charge is 0.100 e. The third-order valence-corrected chi connectivity index (χ3v) is 4.51. The van der Waals surface area contributed by atoms with E-state index in [0.29, 0.717) is 11.0 Å². The molecule has 1 aromatic rings. The minimum absolute atomic E-state index is 0.500. The Bertz CT molecular complexity index is 456. The molecular weight excluding hydrogens is 276 g/mol. The molecule has 1 fully saturated rings. The highest BCUT2D eigenvalue weighted by molar-refractivity contribution is 9.10. The Morgan fingerprint density at radius 3 is 2.65 bits per heavy atom. The fourth-order valence-corrected chi connectivity index (χ4v) is 2.58. The van der Waals surface area contributed by atoms with Gasteiger partial charge in [-0.25, -0.2) is 0 Å². The van der Waals surface area contributed by atoms with Crippen LogP contribution >= 0.6 is 15.9 Å². The van der Waals surface area contributed by atoms with E-state index in [0.717, 1.165) is 22.6 Å². The van der Waals surface area contributed by atoms with Crippen LogP contribution in [-0.2, 0) is 0 Å². The van der Waals surface area contributed by atoms with Crippen molar-refractivity contribution in [3.8, 4) is 6.07 Å². The van der Waals surface area contributed by atoms with Crippen LogP contribution < -0.4 is 5.32 Å². The maximum absolute atomic E-state index is 8.85. The molecule has 1 aromatic carbocycles. The Kier molecular flexibility index (Phi) is 3.44. The molecule has 0 saturated heterocycles. The number of hydrogen-bond donors (Lipinski definition) is 1. The molecule has 0 unspecified atom stereocenters. The molecule has 17 heavy (non-hydrogen) atoms. The van der Waals surface area contributed by atoms with Gasteiger partial charge in [0.05, 0.1) is 5.56 Å². The van der Waals surface area contributed by atoms with Crippen LogP contribution in [0, 0.1) is 22.7 Å². The van der Waals surface area contributed by atoms with E-state index in [9.17, 15) is 0 Å². The van der Waals surface area contributed by atoms with Gasteiger partial charge in [-0.05, 0) is 58.3 Å². The van der Waals surface area contributed by atoms with Crippen LogP contribution in [0.25, 0.3) is 0 Å². The highest BCUT2D eigenvalue weighted by Crippen LogP contribution is 2.51. The summed E-state index contributed by atoms with van der Waals surface area (Å²) in [6, 6.07) is 7.95. The molecule has 0 amide bonds. The molecule has 0 aliphatic heterocycles. The van der Waals surface area contributed by atoms with Crippen LogP contribution in [0.15, 0.2) is 22.7 Å². The highest BCUT2D eigenvalue weighted by Gasteiger charge is 2.44. The van der Waals surface area contributed by atoms with Gasteiger partial charge >= 0.3 is 0 Å². The van der Waals surface area contributed by atoms with Crippen LogP contribution in [0.1, 0.15) is 32.3 Å². The maximum Gasteiger partial charge on any atom is 0.100 e. The van der Waals surface area contributed by atoms with Gasteiger partial charge in [0.1, 0.15) is 6.07 Å². The van der Waals surface area contributed by atoms with Crippen molar-refractivity contribution in [1.82, 2.24) is 0 Å². The first kappa shape index (κ1) is 12.4. The van der Waals surface area contributed by atoms with Crippen LogP contribution in [0.3, 0.4) is 0 Å². The third-order valence-electron chi connectivity index (χ3n) is 3.85. The molecule has 0 spiro atoms. The summed E-state index contributed by atoms with van der Waals surface area (Å²) in [5, 5.41) is 12.3. The summed E-state index contributed by atoms with van der Waals surface area (Å²) in [5.41, 5.74) is 2.27. The molecule has 3 heteroatoms. The van der Waals surface area contributed by atoms with E-state index in [1.807, 2.05) is 18.2 Å². The second-order valence-electron chi connectivity index (χ2n) is 5.18. The summed E-state index contributed by atoms with van der Waals surface area (Å²) >= 11 is 3.41. The van der Waals surface area contributed by atoms with Gasteiger partial charge in [0, 0.05) is 16.7 Å². The normalized spacial score (nSPS) is 16.6. The van der Waals surface area contributed by atoms with Crippen molar-refractivity contribution in [3.05, 3.63) is 28.2 Å². The van der Waals surface area contributed by atoms with Gasteiger partial charge in [0.15, 0.2) is 0 Å². The summed E-state index contributed by atoms with van der Waals surface area (Å²) in [7, 11) is 0. The Balaban J connectivity index is 2.01. The monoisotopic (exact) mass is 292 g/mol. The van der Waals surface area contributed by atoms with Gasteiger partial charge in [-0.1, -0.05) is 13.8 Å². The zero-order valence-electron chi connectivity index (χ0n) is 10.3. The zero-order chi connectivity index (χ0) is 12.5. The van der Waals surface area contributed by atoms with Gasteiger partial charge < -0.3 is 5.32 Å². The van der Waals surface area contributed by atoms with E-state index >= 15 is 0 Å². The van der Waals surface area contributed by atoms with Crippen LogP contribution in [0.5, 0.6) is 0 Å².